The molecule has 0 saturated heterocycles. The van der Waals surface area contributed by atoms with Crippen LogP contribution in [0.5, 0.6) is 0 Å². The quantitative estimate of drug-likeness (QED) is 0.828. The molecule has 17 heavy (non-hydrogen) atoms. The predicted molar refractivity (Wildman–Crippen MR) is 70.4 cm³/mol. The minimum absolute atomic E-state index is 0.336. The fraction of sp³-hybridized carbons (Fsp3) is 0.714. The van der Waals surface area contributed by atoms with Crippen molar-refractivity contribution in [3.8, 4) is 0 Å². The van der Waals surface area contributed by atoms with Crippen molar-refractivity contribution >= 4 is 0 Å². The molecule has 1 heterocycles. The topological polar surface area (TPSA) is 34.4 Å². The SMILES string of the molecule is CNC(c1c(C)oc(C)c1C)C(C)CCOC. The molecule has 2 unspecified atom stereocenters. The Labute approximate surface area is 105 Å². The molecule has 0 aliphatic rings. The van der Waals surface area contributed by atoms with Gasteiger partial charge in [-0.05, 0) is 45.7 Å². The third kappa shape index (κ3) is 3.11. The van der Waals surface area contributed by atoms with Gasteiger partial charge in [0.1, 0.15) is 11.5 Å². The summed E-state index contributed by atoms with van der Waals surface area (Å²) in [6.45, 7) is 9.26. The largest absolute Gasteiger partial charge is 0.466 e. The smallest absolute Gasteiger partial charge is 0.106 e. The minimum Gasteiger partial charge on any atom is -0.466 e. The lowest BCUT2D eigenvalue weighted by Crippen LogP contribution is -2.25. The van der Waals surface area contributed by atoms with Crippen molar-refractivity contribution in [2.75, 3.05) is 20.8 Å². The maximum Gasteiger partial charge on any atom is 0.106 e. The van der Waals surface area contributed by atoms with Crippen molar-refractivity contribution in [2.24, 2.45) is 5.92 Å². The first-order valence-corrected chi connectivity index (χ1v) is 6.25. The van der Waals surface area contributed by atoms with Crippen molar-refractivity contribution in [1.29, 1.82) is 0 Å². The molecule has 3 heteroatoms. The molecule has 0 aliphatic carbocycles. The average molecular weight is 239 g/mol. The van der Waals surface area contributed by atoms with Crippen LogP contribution < -0.4 is 5.32 Å². The Morgan fingerprint density at radius 1 is 1.24 bits per heavy atom. The van der Waals surface area contributed by atoms with Gasteiger partial charge in [0.2, 0.25) is 0 Å². The molecule has 0 saturated carbocycles. The van der Waals surface area contributed by atoms with Crippen molar-refractivity contribution in [2.45, 2.75) is 40.2 Å². The first-order chi connectivity index (χ1) is 8.02. The fourth-order valence-corrected chi connectivity index (χ4v) is 2.45. The molecule has 0 radical (unpaired) electrons. The molecule has 1 rings (SSSR count). The van der Waals surface area contributed by atoms with Gasteiger partial charge < -0.3 is 14.5 Å². The number of aryl methyl sites for hydroxylation is 2. The highest BCUT2D eigenvalue weighted by Crippen LogP contribution is 2.32. The van der Waals surface area contributed by atoms with Gasteiger partial charge in [0, 0.05) is 25.3 Å². The van der Waals surface area contributed by atoms with Gasteiger partial charge in [0.05, 0.1) is 0 Å². The molecule has 1 aromatic rings. The van der Waals surface area contributed by atoms with Crippen LogP contribution in [0, 0.1) is 26.7 Å². The van der Waals surface area contributed by atoms with E-state index in [9.17, 15) is 0 Å². The van der Waals surface area contributed by atoms with Crippen molar-refractivity contribution in [3.05, 3.63) is 22.6 Å². The summed E-state index contributed by atoms with van der Waals surface area (Å²) in [5, 5.41) is 3.41. The van der Waals surface area contributed by atoms with Crippen LogP contribution in [-0.4, -0.2) is 20.8 Å². The van der Waals surface area contributed by atoms with Crippen LogP contribution in [0.2, 0.25) is 0 Å². The van der Waals surface area contributed by atoms with Crippen LogP contribution in [0.25, 0.3) is 0 Å². The maximum atomic E-state index is 5.71. The Kier molecular flexibility index (Phi) is 5.22. The van der Waals surface area contributed by atoms with Gasteiger partial charge in [0.15, 0.2) is 0 Å². The Balaban J connectivity index is 2.92. The van der Waals surface area contributed by atoms with E-state index in [-0.39, 0.29) is 0 Å². The van der Waals surface area contributed by atoms with Gasteiger partial charge >= 0.3 is 0 Å². The third-order valence-corrected chi connectivity index (χ3v) is 3.59. The van der Waals surface area contributed by atoms with E-state index in [2.05, 4.69) is 19.2 Å². The van der Waals surface area contributed by atoms with E-state index >= 15 is 0 Å². The number of nitrogens with one attached hydrogen (secondary N) is 1. The second-order valence-electron chi connectivity index (χ2n) is 4.78. The Morgan fingerprint density at radius 2 is 1.88 bits per heavy atom. The van der Waals surface area contributed by atoms with Gasteiger partial charge in [-0.25, -0.2) is 0 Å². The van der Waals surface area contributed by atoms with Crippen LogP contribution in [-0.2, 0) is 4.74 Å². The van der Waals surface area contributed by atoms with E-state index in [1.165, 1.54) is 11.1 Å². The first kappa shape index (κ1) is 14.3. The third-order valence-electron chi connectivity index (χ3n) is 3.59. The molecule has 0 aliphatic heterocycles. The molecule has 98 valence electrons. The second kappa shape index (κ2) is 6.22. The van der Waals surface area contributed by atoms with Crippen LogP contribution in [0.15, 0.2) is 4.42 Å². The highest BCUT2D eigenvalue weighted by Gasteiger charge is 2.24. The number of ether oxygens (including phenoxy) is 1. The summed E-state index contributed by atoms with van der Waals surface area (Å²) in [5.41, 5.74) is 2.58. The normalized spacial score (nSPS) is 14.9. The van der Waals surface area contributed by atoms with Gasteiger partial charge in [-0.15, -0.1) is 0 Å². The number of furan rings is 1. The molecule has 3 nitrogen and oxygen atoms in total. The van der Waals surface area contributed by atoms with E-state index < -0.39 is 0 Å². The lowest BCUT2D eigenvalue weighted by Gasteiger charge is -2.24. The highest BCUT2D eigenvalue weighted by molar-refractivity contribution is 5.34. The minimum atomic E-state index is 0.336. The lowest BCUT2D eigenvalue weighted by atomic mass is 9.90. The van der Waals surface area contributed by atoms with Crippen molar-refractivity contribution in [3.63, 3.8) is 0 Å². The molecular formula is C14H25NO2. The van der Waals surface area contributed by atoms with E-state index in [4.69, 9.17) is 9.15 Å². The molecule has 0 fully saturated rings. The monoisotopic (exact) mass is 239 g/mol. The predicted octanol–water partition coefficient (Wildman–Crippen LogP) is 3.14. The second-order valence-corrected chi connectivity index (χ2v) is 4.78. The zero-order valence-electron chi connectivity index (χ0n) is 11.9. The zero-order chi connectivity index (χ0) is 13.0. The highest BCUT2D eigenvalue weighted by atomic mass is 16.5. The van der Waals surface area contributed by atoms with Crippen molar-refractivity contribution in [1.82, 2.24) is 5.32 Å². The molecule has 1 N–H and O–H groups in total. The molecule has 1 aromatic heterocycles. The Bertz CT molecular complexity index is 357. The molecule has 0 aromatic carbocycles. The number of hydrogen-bond acceptors (Lipinski definition) is 3. The number of rotatable bonds is 6. The Morgan fingerprint density at radius 3 is 2.29 bits per heavy atom. The molecule has 0 bridgehead atoms. The lowest BCUT2D eigenvalue weighted by molar-refractivity contribution is 0.171. The summed E-state index contributed by atoms with van der Waals surface area (Å²) in [6.07, 6.45) is 1.05. The first-order valence-electron chi connectivity index (χ1n) is 6.25. The summed E-state index contributed by atoms with van der Waals surface area (Å²) < 4.78 is 10.9. The van der Waals surface area contributed by atoms with E-state index in [0.29, 0.717) is 12.0 Å². The summed E-state index contributed by atoms with van der Waals surface area (Å²) >= 11 is 0. The Hall–Kier alpha value is -0.800. The maximum absolute atomic E-state index is 5.71. The molecule has 0 amide bonds. The van der Waals surface area contributed by atoms with E-state index in [0.717, 1.165) is 24.5 Å². The van der Waals surface area contributed by atoms with Gasteiger partial charge in [-0.3, -0.25) is 0 Å². The molecular weight excluding hydrogens is 214 g/mol. The van der Waals surface area contributed by atoms with Crippen LogP contribution in [0.4, 0.5) is 0 Å². The van der Waals surface area contributed by atoms with Gasteiger partial charge in [0.25, 0.3) is 0 Å². The average Bonchev–Trinajstić information content (AvgIpc) is 2.54. The summed E-state index contributed by atoms with van der Waals surface area (Å²) in [4.78, 5) is 0. The van der Waals surface area contributed by atoms with Crippen molar-refractivity contribution < 1.29 is 9.15 Å². The summed E-state index contributed by atoms with van der Waals surface area (Å²) in [5.74, 6) is 2.58. The van der Waals surface area contributed by atoms with Gasteiger partial charge in [-0.1, -0.05) is 6.92 Å². The summed E-state index contributed by atoms with van der Waals surface area (Å²) in [7, 11) is 3.76. The fourth-order valence-electron chi connectivity index (χ4n) is 2.45. The molecule has 2 atom stereocenters. The zero-order valence-corrected chi connectivity index (χ0v) is 11.9. The van der Waals surface area contributed by atoms with Gasteiger partial charge in [-0.2, -0.15) is 0 Å². The number of methoxy groups -OCH3 is 1. The molecule has 0 spiro atoms. The number of hydrogen-bond donors (Lipinski definition) is 1. The standard InChI is InChI=1S/C14H25NO2/c1-9(7-8-16-6)14(15-5)13-10(2)11(3)17-12(13)4/h9,14-15H,7-8H2,1-6H3. The van der Waals surface area contributed by atoms with Crippen LogP contribution in [0.3, 0.4) is 0 Å². The van der Waals surface area contributed by atoms with E-state index in [1.54, 1.807) is 7.11 Å². The van der Waals surface area contributed by atoms with Crippen LogP contribution in [0.1, 0.15) is 42.0 Å². The van der Waals surface area contributed by atoms with Crippen LogP contribution >= 0.6 is 0 Å². The summed E-state index contributed by atoms with van der Waals surface area (Å²) in [6, 6.07) is 0.336. The van der Waals surface area contributed by atoms with E-state index in [1.807, 2.05) is 20.9 Å².